The van der Waals surface area contributed by atoms with Crippen molar-refractivity contribution in [2.24, 2.45) is 5.92 Å². The number of methoxy groups -OCH3 is 1. The van der Waals surface area contributed by atoms with Gasteiger partial charge in [-0.25, -0.2) is 4.39 Å². The topological polar surface area (TPSA) is 21.3 Å². The van der Waals surface area contributed by atoms with Crippen molar-refractivity contribution in [3.8, 4) is 0 Å². The number of rotatable bonds is 3. The Labute approximate surface area is 73.5 Å². The van der Waals surface area contributed by atoms with Crippen LogP contribution in [0.5, 0.6) is 0 Å². The monoisotopic (exact) mass is 175 g/mol. The van der Waals surface area contributed by atoms with Gasteiger partial charge in [0.15, 0.2) is 0 Å². The second kappa shape index (κ2) is 4.19. The Bertz CT molecular complexity index is 132. The molecule has 1 heterocycles. The molecular weight excluding hydrogens is 157 g/mol. The lowest BCUT2D eigenvalue weighted by atomic mass is 9.85. The van der Waals surface area contributed by atoms with Crippen LogP contribution in [0.15, 0.2) is 0 Å². The highest BCUT2D eigenvalue weighted by Gasteiger charge is 2.34. The maximum Gasteiger partial charge on any atom is 0.135 e. The lowest BCUT2D eigenvalue weighted by molar-refractivity contribution is 0.00108. The van der Waals surface area contributed by atoms with Crippen LogP contribution in [0.3, 0.4) is 0 Å². The SMILES string of the molecule is COCC(C)(F)C1CCCNC1. The van der Waals surface area contributed by atoms with Crippen LogP contribution in [0.2, 0.25) is 0 Å². The van der Waals surface area contributed by atoms with Gasteiger partial charge < -0.3 is 10.1 Å². The van der Waals surface area contributed by atoms with E-state index in [1.807, 2.05) is 0 Å². The fourth-order valence-corrected chi connectivity index (χ4v) is 1.77. The van der Waals surface area contributed by atoms with Gasteiger partial charge in [-0.3, -0.25) is 0 Å². The molecule has 1 aliphatic rings. The van der Waals surface area contributed by atoms with E-state index in [1.165, 1.54) is 0 Å². The molecule has 0 radical (unpaired) electrons. The number of halogens is 1. The minimum absolute atomic E-state index is 0.117. The summed E-state index contributed by atoms with van der Waals surface area (Å²) in [5.41, 5.74) is -1.16. The number of hydrogen-bond donors (Lipinski definition) is 1. The van der Waals surface area contributed by atoms with E-state index in [4.69, 9.17) is 4.74 Å². The lowest BCUT2D eigenvalue weighted by Gasteiger charge is -2.33. The normalized spacial score (nSPS) is 29.8. The summed E-state index contributed by atoms with van der Waals surface area (Å²) in [6.45, 7) is 3.66. The van der Waals surface area contributed by atoms with E-state index in [0.29, 0.717) is 0 Å². The highest BCUT2D eigenvalue weighted by molar-refractivity contribution is 4.86. The molecule has 1 fully saturated rings. The van der Waals surface area contributed by atoms with Gasteiger partial charge in [-0.2, -0.15) is 0 Å². The maximum atomic E-state index is 13.8. The third kappa shape index (κ3) is 2.42. The minimum atomic E-state index is -1.16. The van der Waals surface area contributed by atoms with Gasteiger partial charge in [0.25, 0.3) is 0 Å². The first-order valence-electron chi connectivity index (χ1n) is 4.55. The van der Waals surface area contributed by atoms with Crippen LogP contribution in [0, 0.1) is 5.92 Å². The van der Waals surface area contributed by atoms with Crippen LogP contribution in [0.25, 0.3) is 0 Å². The molecule has 0 aromatic heterocycles. The summed E-state index contributed by atoms with van der Waals surface area (Å²) >= 11 is 0. The van der Waals surface area contributed by atoms with E-state index >= 15 is 0 Å². The summed E-state index contributed by atoms with van der Waals surface area (Å²) in [6, 6.07) is 0. The molecule has 2 atom stereocenters. The molecule has 1 saturated heterocycles. The molecule has 0 aromatic rings. The van der Waals surface area contributed by atoms with E-state index in [1.54, 1.807) is 14.0 Å². The third-order valence-electron chi connectivity index (χ3n) is 2.57. The average molecular weight is 175 g/mol. The standard InChI is InChI=1S/C9H18FNO/c1-9(10,7-12-2)8-4-3-5-11-6-8/h8,11H,3-7H2,1-2H3. The molecule has 1 aliphatic heterocycles. The fraction of sp³-hybridized carbons (Fsp3) is 1.00. The van der Waals surface area contributed by atoms with Gasteiger partial charge in [-0.05, 0) is 26.3 Å². The molecule has 0 aromatic carbocycles. The smallest absolute Gasteiger partial charge is 0.135 e. The molecule has 3 heteroatoms. The first kappa shape index (κ1) is 9.93. The molecule has 72 valence electrons. The van der Waals surface area contributed by atoms with Crippen molar-refractivity contribution in [1.82, 2.24) is 5.32 Å². The molecule has 0 saturated carbocycles. The van der Waals surface area contributed by atoms with Crippen molar-refractivity contribution in [2.75, 3.05) is 26.8 Å². The zero-order valence-corrected chi connectivity index (χ0v) is 7.90. The number of piperidine rings is 1. The van der Waals surface area contributed by atoms with Crippen LogP contribution < -0.4 is 5.32 Å². The highest BCUT2D eigenvalue weighted by atomic mass is 19.1. The van der Waals surface area contributed by atoms with Crippen molar-refractivity contribution in [3.63, 3.8) is 0 Å². The van der Waals surface area contributed by atoms with Crippen molar-refractivity contribution in [1.29, 1.82) is 0 Å². The molecule has 0 spiro atoms. The van der Waals surface area contributed by atoms with E-state index in [9.17, 15) is 4.39 Å². The van der Waals surface area contributed by atoms with Crippen molar-refractivity contribution in [2.45, 2.75) is 25.4 Å². The number of alkyl halides is 1. The molecule has 0 aliphatic carbocycles. The van der Waals surface area contributed by atoms with E-state index < -0.39 is 5.67 Å². The van der Waals surface area contributed by atoms with Gasteiger partial charge in [0.05, 0.1) is 6.61 Å². The number of ether oxygens (including phenoxy) is 1. The first-order chi connectivity index (χ1) is 5.67. The maximum absolute atomic E-state index is 13.8. The number of hydrogen-bond acceptors (Lipinski definition) is 2. The summed E-state index contributed by atoms with van der Waals surface area (Å²) in [7, 11) is 1.55. The van der Waals surface area contributed by atoms with E-state index in [0.717, 1.165) is 25.9 Å². The van der Waals surface area contributed by atoms with Crippen molar-refractivity contribution < 1.29 is 9.13 Å². The highest BCUT2D eigenvalue weighted by Crippen LogP contribution is 2.27. The third-order valence-corrected chi connectivity index (χ3v) is 2.57. The lowest BCUT2D eigenvalue weighted by Crippen LogP contribution is -2.44. The van der Waals surface area contributed by atoms with Crippen LogP contribution in [-0.2, 0) is 4.74 Å². The molecule has 12 heavy (non-hydrogen) atoms. The second-order valence-corrected chi connectivity index (χ2v) is 3.75. The van der Waals surface area contributed by atoms with Gasteiger partial charge in [-0.15, -0.1) is 0 Å². The van der Waals surface area contributed by atoms with Crippen LogP contribution in [0.1, 0.15) is 19.8 Å². The number of nitrogens with one attached hydrogen (secondary N) is 1. The van der Waals surface area contributed by atoms with Gasteiger partial charge in [0, 0.05) is 19.6 Å². The Balaban J connectivity index is 2.41. The summed E-state index contributed by atoms with van der Waals surface area (Å²) in [5, 5.41) is 3.20. The predicted molar refractivity (Wildman–Crippen MR) is 47.0 cm³/mol. The first-order valence-corrected chi connectivity index (χ1v) is 4.55. The van der Waals surface area contributed by atoms with Gasteiger partial charge in [0.2, 0.25) is 0 Å². The Hall–Kier alpha value is -0.150. The summed E-state index contributed by atoms with van der Waals surface area (Å²) in [5.74, 6) is 0.117. The van der Waals surface area contributed by atoms with Gasteiger partial charge >= 0.3 is 0 Å². The molecular formula is C9H18FNO. The Morgan fingerprint density at radius 1 is 1.67 bits per heavy atom. The van der Waals surface area contributed by atoms with Crippen molar-refractivity contribution in [3.05, 3.63) is 0 Å². The molecule has 1 rings (SSSR count). The van der Waals surface area contributed by atoms with Crippen LogP contribution in [-0.4, -0.2) is 32.5 Å². The van der Waals surface area contributed by atoms with Crippen LogP contribution in [0.4, 0.5) is 4.39 Å². The van der Waals surface area contributed by atoms with E-state index in [-0.39, 0.29) is 12.5 Å². The Morgan fingerprint density at radius 3 is 2.92 bits per heavy atom. The summed E-state index contributed by atoms with van der Waals surface area (Å²) in [6.07, 6.45) is 2.05. The zero-order valence-electron chi connectivity index (χ0n) is 7.90. The molecule has 2 unspecified atom stereocenters. The molecule has 2 nitrogen and oxygen atoms in total. The fourth-order valence-electron chi connectivity index (χ4n) is 1.77. The van der Waals surface area contributed by atoms with Gasteiger partial charge in [-0.1, -0.05) is 0 Å². The minimum Gasteiger partial charge on any atom is -0.381 e. The van der Waals surface area contributed by atoms with Crippen molar-refractivity contribution >= 4 is 0 Å². The molecule has 0 bridgehead atoms. The van der Waals surface area contributed by atoms with Gasteiger partial charge in [0.1, 0.15) is 5.67 Å². The molecule has 0 amide bonds. The summed E-state index contributed by atoms with van der Waals surface area (Å²) < 4.78 is 18.7. The Morgan fingerprint density at radius 2 is 2.42 bits per heavy atom. The quantitative estimate of drug-likeness (QED) is 0.699. The van der Waals surface area contributed by atoms with Crippen LogP contribution >= 0.6 is 0 Å². The zero-order chi connectivity index (χ0) is 9.03. The predicted octanol–water partition coefficient (Wildman–Crippen LogP) is 1.36. The largest absolute Gasteiger partial charge is 0.381 e. The van der Waals surface area contributed by atoms with E-state index in [2.05, 4.69) is 5.32 Å². The summed E-state index contributed by atoms with van der Waals surface area (Å²) in [4.78, 5) is 0. The molecule has 1 N–H and O–H groups in total. The average Bonchev–Trinajstić information content (AvgIpc) is 2.06. The second-order valence-electron chi connectivity index (χ2n) is 3.75. The Kier molecular flexibility index (Phi) is 3.47.